The van der Waals surface area contributed by atoms with Crippen LogP contribution < -0.4 is 0 Å². The highest BCUT2D eigenvalue weighted by Gasteiger charge is 2.30. The van der Waals surface area contributed by atoms with Crippen LogP contribution >= 0.6 is 0 Å². The van der Waals surface area contributed by atoms with Crippen LogP contribution in [0.25, 0.3) is 0 Å². The fourth-order valence-electron chi connectivity index (χ4n) is 2.38. The first-order chi connectivity index (χ1) is 8.98. The minimum atomic E-state index is -2.90. The molecule has 1 fully saturated rings. The molecule has 1 heterocycles. The van der Waals surface area contributed by atoms with Gasteiger partial charge in [-0.1, -0.05) is 30.3 Å². The van der Waals surface area contributed by atoms with E-state index in [0.29, 0.717) is 19.4 Å². The minimum absolute atomic E-state index is 0.0544. The van der Waals surface area contributed by atoms with Gasteiger partial charge in [-0.25, -0.2) is 8.42 Å². The molecule has 1 aromatic rings. The number of carbonyl (C=O) groups excluding carboxylic acids is 1. The van der Waals surface area contributed by atoms with Crippen LogP contribution in [0.4, 0.5) is 0 Å². The molecule has 0 unspecified atom stereocenters. The van der Waals surface area contributed by atoms with Gasteiger partial charge in [0.2, 0.25) is 5.91 Å². The summed E-state index contributed by atoms with van der Waals surface area (Å²) in [5.74, 6) is 0.196. The van der Waals surface area contributed by atoms with Crippen molar-refractivity contribution in [2.75, 3.05) is 18.6 Å². The summed E-state index contributed by atoms with van der Waals surface area (Å²) >= 11 is 0. The maximum absolute atomic E-state index is 12.2. The van der Waals surface area contributed by atoms with E-state index in [0.717, 1.165) is 5.56 Å². The lowest BCUT2D eigenvalue weighted by molar-refractivity contribution is -0.135. The van der Waals surface area contributed by atoms with Crippen LogP contribution in [0.15, 0.2) is 30.3 Å². The van der Waals surface area contributed by atoms with Gasteiger partial charge in [0, 0.05) is 19.5 Å². The summed E-state index contributed by atoms with van der Waals surface area (Å²) in [6.07, 6.45) is 0.917. The Balaban J connectivity index is 1.93. The van der Waals surface area contributed by atoms with Crippen LogP contribution in [-0.2, 0) is 21.2 Å². The third kappa shape index (κ3) is 3.80. The Hall–Kier alpha value is -1.36. The van der Waals surface area contributed by atoms with Gasteiger partial charge in [0.1, 0.15) is 9.84 Å². The van der Waals surface area contributed by atoms with E-state index in [1.807, 2.05) is 30.3 Å². The molecule has 0 aliphatic carbocycles. The van der Waals surface area contributed by atoms with E-state index in [9.17, 15) is 13.2 Å². The molecule has 1 aliphatic rings. The molecule has 19 heavy (non-hydrogen) atoms. The summed E-state index contributed by atoms with van der Waals surface area (Å²) in [6.45, 7) is 0.572. The average Bonchev–Trinajstić information content (AvgIpc) is 2.39. The first-order valence-corrected chi connectivity index (χ1v) is 8.29. The van der Waals surface area contributed by atoms with Crippen molar-refractivity contribution in [3.05, 3.63) is 35.9 Å². The fourth-order valence-corrected chi connectivity index (χ4v) is 3.88. The van der Waals surface area contributed by atoms with Gasteiger partial charge in [0.15, 0.2) is 0 Å². The van der Waals surface area contributed by atoms with Crippen LogP contribution in [0.5, 0.6) is 0 Å². The number of sulfone groups is 1. The molecule has 1 saturated heterocycles. The topological polar surface area (TPSA) is 54.5 Å². The standard InChI is InChI=1S/C14H19NO3S/c1-15(11-12-5-3-2-4-6-12)14(16)13-7-9-19(17,18)10-8-13/h2-6,13H,7-11H2,1H3. The Morgan fingerprint density at radius 2 is 1.79 bits per heavy atom. The van der Waals surface area contributed by atoms with E-state index in [-0.39, 0.29) is 23.3 Å². The van der Waals surface area contributed by atoms with Gasteiger partial charge >= 0.3 is 0 Å². The Bertz CT molecular complexity index is 525. The van der Waals surface area contributed by atoms with E-state index in [4.69, 9.17) is 0 Å². The zero-order chi connectivity index (χ0) is 13.9. The summed E-state index contributed by atoms with van der Waals surface area (Å²) < 4.78 is 22.7. The van der Waals surface area contributed by atoms with E-state index < -0.39 is 9.84 Å². The molecule has 2 rings (SSSR count). The smallest absolute Gasteiger partial charge is 0.225 e. The largest absolute Gasteiger partial charge is 0.341 e. The third-order valence-corrected chi connectivity index (χ3v) is 5.26. The van der Waals surface area contributed by atoms with Crippen molar-refractivity contribution in [3.63, 3.8) is 0 Å². The van der Waals surface area contributed by atoms with Gasteiger partial charge in [-0.15, -0.1) is 0 Å². The van der Waals surface area contributed by atoms with Gasteiger partial charge in [0.25, 0.3) is 0 Å². The molecule has 4 nitrogen and oxygen atoms in total. The summed E-state index contributed by atoms with van der Waals surface area (Å²) in [6, 6.07) is 9.79. The lowest BCUT2D eigenvalue weighted by Crippen LogP contribution is -2.37. The van der Waals surface area contributed by atoms with Gasteiger partial charge < -0.3 is 4.90 Å². The molecule has 0 saturated carbocycles. The first-order valence-electron chi connectivity index (χ1n) is 6.47. The monoisotopic (exact) mass is 281 g/mol. The van der Waals surface area contributed by atoms with E-state index in [1.165, 1.54) is 0 Å². The number of hydrogen-bond donors (Lipinski definition) is 0. The van der Waals surface area contributed by atoms with Gasteiger partial charge in [-0.2, -0.15) is 0 Å². The van der Waals surface area contributed by atoms with Crippen LogP contribution in [0.1, 0.15) is 18.4 Å². The van der Waals surface area contributed by atoms with Crippen LogP contribution in [-0.4, -0.2) is 37.8 Å². The molecule has 0 atom stereocenters. The molecule has 104 valence electrons. The molecule has 0 N–H and O–H groups in total. The zero-order valence-electron chi connectivity index (χ0n) is 11.1. The molecule has 0 spiro atoms. The van der Waals surface area contributed by atoms with E-state index in [2.05, 4.69) is 0 Å². The van der Waals surface area contributed by atoms with Gasteiger partial charge in [0.05, 0.1) is 11.5 Å². The van der Waals surface area contributed by atoms with Crippen molar-refractivity contribution in [2.24, 2.45) is 5.92 Å². The predicted molar refractivity (Wildman–Crippen MR) is 74.3 cm³/mol. The van der Waals surface area contributed by atoms with Gasteiger partial charge in [-0.05, 0) is 18.4 Å². The third-order valence-electron chi connectivity index (χ3n) is 3.54. The molecular formula is C14H19NO3S. The Morgan fingerprint density at radius 3 is 2.37 bits per heavy atom. The highest BCUT2D eigenvalue weighted by Crippen LogP contribution is 2.21. The number of hydrogen-bond acceptors (Lipinski definition) is 3. The second-order valence-electron chi connectivity index (χ2n) is 5.11. The summed E-state index contributed by atoms with van der Waals surface area (Å²) in [5.41, 5.74) is 1.08. The fraction of sp³-hybridized carbons (Fsp3) is 0.500. The van der Waals surface area contributed by atoms with Crippen molar-refractivity contribution >= 4 is 15.7 Å². The molecule has 0 bridgehead atoms. The van der Waals surface area contributed by atoms with E-state index >= 15 is 0 Å². The van der Waals surface area contributed by atoms with Crippen molar-refractivity contribution in [1.82, 2.24) is 4.90 Å². The summed E-state index contributed by atoms with van der Waals surface area (Å²) in [4.78, 5) is 13.9. The molecular weight excluding hydrogens is 262 g/mol. The number of benzene rings is 1. The minimum Gasteiger partial charge on any atom is -0.341 e. The lowest BCUT2D eigenvalue weighted by atomic mass is 10.0. The zero-order valence-corrected chi connectivity index (χ0v) is 11.9. The van der Waals surface area contributed by atoms with Gasteiger partial charge in [-0.3, -0.25) is 4.79 Å². The lowest BCUT2D eigenvalue weighted by Gasteiger charge is -2.26. The van der Waals surface area contributed by atoms with Crippen molar-refractivity contribution in [1.29, 1.82) is 0 Å². The number of amides is 1. The maximum Gasteiger partial charge on any atom is 0.225 e. The van der Waals surface area contributed by atoms with Crippen molar-refractivity contribution < 1.29 is 13.2 Å². The van der Waals surface area contributed by atoms with Crippen molar-refractivity contribution in [2.45, 2.75) is 19.4 Å². The second kappa shape index (κ2) is 5.74. The second-order valence-corrected chi connectivity index (χ2v) is 7.41. The van der Waals surface area contributed by atoms with Crippen molar-refractivity contribution in [3.8, 4) is 0 Å². The quantitative estimate of drug-likeness (QED) is 0.843. The Labute approximate surface area is 114 Å². The van der Waals surface area contributed by atoms with E-state index in [1.54, 1.807) is 11.9 Å². The molecule has 0 radical (unpaired) electrons. The van der Waals surface area contributed by atoms with Crippen LogP contribution in [0, 0.1) is 5.92 Å². The normalized spacial score (nSPS) is 19.0. The number of nitrogens with zero attached hydrogens (tertiary/aromatic N) is 1. The first kappa shape index (κ1) is 14.1. The highest BCUT2D eigenvalue weighted by molar-refractivity contribution is 7.91. The molecule has 1 aliphatic heterocycles. The number of rotatable bonds is 3. The highest BCUT2D eigenvalue weighted by atomic mass is 32.2. The molecule has 1 aromatic carbocycles. The maximum atomic E-state index is 12.2. The summed E-state index contributed by atoms with van der Waals surface area (Å²) in [5, 5.41) is 0. The van der Waals surface area contributed by atoms with Crippen LogP contribution in [0.2, 0.25) is 0 Å². The number of carbonyl (C=O) groups is 1. The Kier molecular flexibility index (Phi) is 4.24. The predicted octanol–water partition coefficient (Wildman–Crippen LogP) is 1.47. The molecule has 1 amide bonds. The SMILES string of the molecule is CN(Cc1ccccc1)C(=O)C1CCS(=O)(=O)CC1. The molecule has 0 aromatic heterocycles. The summed E-state index contributed by atoms with van der Waals surface area (Å²) in [7, 11) is -1.13. The Morgan fingerprint density at radius 1 is 1.21 bits per heavy atom. The average molecular weight is 281 g/mol. The molecule has 5 heteroatoms. The van der Waals surface area contributed by atoms with Crippen LogP contribution in [0.3, 0.4) is 0 Å².